The maximum atomic E-state index is 12.7. The van der Waals surface area contributed by atoms with Crippen molar-refractivity contribution in [3.63, 3.8) is 0 Å². The number of benzene rings is 2. The van der Waals surface area contributed by atoms with Crippen molar-refractivity contribution >= 4 is 45.9 Å². The lowest BCUT2D eigenvalue weighted by molar-refractivity contribution is -0.113. The lowest BCUT2D eigenvalue weighted by Crippen LogP contribution is -2.18. The van der Waals surface area contributed by atoms with E-state index in [9.17, 15) is 9.59 Å². The van der Waals surface area contributed by atoms with Crippen LogP contribution < -0.4 is 0 Å². The predicted octanol–water partition coefficient (Wildman–Crippen LogP) is 5.00. The quantitative estimate of drug-likeness (QED) is 0.725. The molecule has 0 amide bonds. The third-order valence-electron chi connectivity index (χ3n) is 4.01. The fraction of sp³-hybridized carbons (Fsp3) is 0.100. The molecule has 0 unspecified atom stereocenters. The molecule has 0 bridgehead atoms. The lowest BCUT2D eigenvalue weighted by atomic mass is 9.88. The Morgan fingerprint density at radius 3 is 1.62 bits per heavy atom. The molecule has 0 saturated heterocycles. The van der Waals surface area contributed by atoms with Gasteiger partial charge in [-0.25, -0.2) is 0 Å². The molecule has 0 aliphatic heterocycles. The maximum Gasteiger partial charge on any atom is 0.207 e. The fourth-order valence-electron chi connectivity index (χ4n) is 2.67. The van der Waals surface area contributed by atoms with E-state index in [2.05, 4.69) is 0 Å². The Morgan fingerprint density at radius 1 is 0.708 bits per heavy atom. The summed E-state index contributed by atoms with van der Waals surface area (Å²) in [4.78, 5) is 25.4. The van der Waals surface area contributed by atoms with E-state index < -0.39 is 11.6 Å². The third-order valence-corrected chi connectivity index (χ3v) is 4.73. The molecule has 0 fully saturated rings. The Hall–Kier alpha value is -2.16. The zero-order valence-corrected chi connectivity index (χ0v) is 14.5. The normalized spacial score (nSPS) is 15.3. The number of aryl methyl sites for hydroxylation is 1. The van der Waals surface area contributed by atoms with Crippen LogP contribution in [-0.2, 0) is 16.0 Å². The number of ketones is 2. The van der Waals surface area contributed by atoms with Crippen LogP contribution in [0.2, 0.25) is 0 Å². The molecular formula is C20H14Cl2O2. The number of halogens is 2. The van der Waals surface area contributed by atoms with Gasteiger partial charge in [0, 0.05) is 0 Å². The van der Waals surface area contributed by atoms with Crippen molar-refractivity contribution in [2.75, 3.05) is 0 Å². The first-order valence-corrected chi connectivity index (χ1v) is 8.33. The van der Waals surface area contributed by atoms with Gasteiger partial charge >= 0.3 is 0 Å². The van der Waals surface area contributed by atoms with Crippen molar-refractivity contribution in [1.29, 1.82) is 0 Å². The van der Waals surface area contributed by atoms with Crippen LogP contribution in [0.4, 0.5) is 0 Å². The minimum atomic E-state index is -0.429. The first kappa shape index (κ1) is 16.7. The molecule has 0 saturated carbocycles. The van der Waals surface area contributed by atoms with Gasteiger partial charge in [-0.1, -0.05) is 84.7 Å². The van der Waals surface area contributed by atoms with Crippen molar-refractivity contribution in [3.05, 3.63) is 81.4 Å². The Labute approximate surface area is 150 Å². The van der Waals surface area contributed by atoms with Gasteiger partial charge in [0.1, 0.15) is 10.1 Å². The van der Waals surface area contributed by atoms with Crippen LogP contribution in [0.5, 0.6) is 0 Å². The zero-order chi connectivity index (χ0) is 17.3. The van der Waals surface area contributed by atoms with Crippen molar-refractivity contribution in [2.45, 2.75) is 13.3 Å². The number of carbonyl (C=O) groups is 2. The third kappa shape index (κ3) is 2.83. The van der Waals surface area contributed by atoms with Crippen molar-refractivity contribution in [3.8, 4) is 0 Å². The molecule has 4 heteroatoms. The van der Waals surface area contributed by atoms with Gasteiger partial charge in [-0.15, -0.1) is 0 Å². The minimum absolute atomic E-state index is 0.0903. The summed E-state index contributed by atoms with van der Waals surface area (Å²) in [5, 5.41) is -0.183. The molecular weight excluding hydrogens is 343 g/mol. The van der Waals surface area contributed by atoms with E-state index in [1.807, 2.05) is 25.1 Å². The average Bonchev–Trinajstić information content (AvgIpc) is 2.62. The van der Waals surface area contributed by atoms with E-state index in [-0.39, 0.29) is 21.2 Å². The molecule has 0 spiro atoms. The largest absolute Gasteiger partial charge is 0.288 e. The zero-order valence-electron chi connectivity index (χ0n) is 13.0. The molecule has 1 aliphatic carbocycles. The second kappa shape index (κ2) is 6.76. The molecule has 0 radical (unpaired) electrons. The molecule has 2 aromatic carbocycles. The van der Waals surface area contributed by atoms with Crippen LogP contribution in [-0.4, -0.2) is 11.6 Å². The van der Waals surface area contributed by atoms with Crippen LogP contribution in [0, 0.1) is 0 Å². The lowest BCUT2D eigenvalue weighted by Gasteiger charge is -2.18. The summed E-state index contributed by atoms with van der Waals surface area (Å²) in [5.74, 6) is -0.855. The first-order valence-electron chi connectivity index (χ1n) is 7.58. The fourth-order valence-corrected chi connectivity index (χ4v) is 3.25. The highest BCUT2D eigenvalue weighted by atomic mass is 35.5. The molecule has 0 atom stereocenters. The standard InChI is InChI=1S/C20H14Cl2O2/c1-2-12-8-10-14(11-9-12)16-18(22)19(23)15(17(21)20(16)24)13-6-4-3-5-7-13/h3-11H,2H2,1H3. The number of hydrogen-bond donors (Lipinski definition) is 0. The van der Waals surface area contributed by atoms with Gasteiger partial charge < -0.3 is 0 Å². The highest BCUT2D eigenvalue weighted by Crippen LogP contribution is 2.38. The van der Waals surface area contributed by atoms with Gasteiger partial charge in [-0.3, -0.25) is 9.59 Å². The minimum Gasteiger partial charge on any atom is -0.288 e. The molecule has 0 heterocycles. The second-order valence-electron chi connectivity index (χ2n) is 5.45. The Bertz CT molecular complexity index is 876. The summed E-state index contributed by atoms with van der Waals surface area (Å²) in [6.07, 6.45) is 0.888. The summed E-state index contributed by atoms with van der Waals surface area (Å²) in [5.41, 5.74) is 2.63. The number of allylic oxidation sites excluding steroid dienone is 4. The van der Waals surface area contributed by atoms with Crippen LogP contribution >= 0.6 is 23.2 Å². The Kier molecular flexibility index (Phi) is 4.70. The van der Waals surface area contributed by atoms with Gasteiger partial charge in [-0.2, -0.15) is 0 Å². The molecule has 0 aromatic heterocycles. The SMILES string of the molecule is CCc1ccc(C2=C(Cl)C(=O)C(c3ccccc3)=C(Cl)C2=O)cc1. The van der Waals surface area contributed by atoms with Crippen LogP contribution in [0.1, 0.15) is 23.6 Å². The summed E-state index contributed by atoms with van der Waals surface area (Å²) < 4.78 is 0. The van der Waals surface area contributed by atoms with Gasteiger partial charge in [0.25, 0.3) is 0 Å². The van der Waals surface area contributed by atoms with E-state index in [0.717, 1.165) is 12.0 Å². The molecule has 2 aromatic rings. The van der Waals surface area contributed by atoms with Crippen molar-refractivity contribution < 1.29 is 9.59 Å². The van der Waals surface area contributed by atoms with Crippen molar-refractivity contribution in [2.24, 2.45) is 0 Å². The highest BCUT2D eigenvalue weighted by Gasteiger charge is 2.34. The second-order valence-corrected chi connectivity index (χ2v) is 6.21. The number of carbonyl (C=O) groups excluding carboxylic acids is 2. The summed E-state index contributed by atoms with van der Waals surface area (Å²) >= 11 is 12.5. The molecule has 1 aliphatic rings. The maximum absolute atomic E-state index is 12.7. The molecule has 2 nitrogen and oxygen atoms in total. The van der Waals surface area contributed by atoms with Crippen LogP contribution in [0.3, 0.4) is 0 Å². The summed E-state index contributed by atoms with van der Waals surface area (Å²) in [7, 11) is 0. The van der Waals surface area contributed by atoms with Gasteiger partial charge in [0.15, 0.2) is 0 Å². The monoisotopic (exact) mass is 356 g/mol. The van der Waals surface area contributed by atoms with E-state index >= 15 is 0 Å². The number of Topliss-reactive ketones (excluding diaryl/α,β-unsaturated/α-hetero) is 2. The van der Waals surface area contributed by atoms with Gasteiger partial charge in [0.05, 0.1) is 11.1 Å². The predicted molar refractivity (Wildman–Crippen MR) is 97.8 cm³/mol. The Balaban J connectivity index is 2.10. The van der Waals surface area contributed by atoms with Crippen LogP contribution in [0.25, 0.3) is 11.1 Å². The number of hydrogen-bond acceptors (Lipinski definition) is 2. The van der Waals surface area contributed by atoms with Crippen LogP contribution in [0.15, 0.2) is 64.7 Å². The molecule has 0 N–H and O–H groups in total. The average molecular weight is 357 g/mol. The first-order chi connectivity index (χ1) is 11.5. The topological polar surface area (TPSA) is 34.1 Å². The van der Waals surface area contributed by atoms with E-state index in [1.165, 1.54) is 0 Å². The Morgan fingerprint density at radius 2 is 1.17 bits per heavy atom. The molecule has 3 rings (SSSR count). The number of rotatable bonds is 3. The van der Waals surface area contributed by atoms with E-state index in [1.54, 1.807) is 36.4 Å². The van der Waals surface area contributed by atoms with Gasteiger partial charge in [-0.05, 0) is 23.1 Å². The molecule has 24 heavy (non-hydrogen) atoms. The smallest absolute Gasteiger partial charge is 0.207 e. The van der Waals surface area contributed by atoms with Gasteiger partial charge in [0.2, 0.25) is 11.6 Å². The van der Waals surface area contributed by atoms with E-state index in [0.29, 0.717) is 11.1 Å². The van der Waals surface area contributed by atoms with Crippen molar-refractivity contribution in [1.82, 2.24) is 0 Å². The summed E-state index contributed by atoms with van der Waals surface area (Å²) in [6, 6.07) is 16.2. The summed E-state index contributed by atoms with van der Waals surface area (Å²) in [6.45, 7) is 2.04. The molecule has 120 valence electrons. The highest BCUT2D eigenvalue weighted by molar-refractivity contribution is 6.68. The van der Waals surface area contributed by atoms with E-state index in [4.69, 9.17) is 23.2 Å².